The first-order chi connectivity index (χ1) is 17.5. The summed E-state index contributed by atoms with van der Waals surface area (Å²) in [5, 5.41) is 11.0. The molecule has 1 atom stereocenters. The molecule has 7 heteroatoms. The van der Waals surface area contributed by atoms with E-state index in [0.717, 1.165) is 64.2 Å². The molecule has 2 aromatic carbocycles. The van der Waals surface area contributed by atoms with E-state index >= 15 is 0 Å². The van der Waals surface area contributed by atoms with Crippen molar-refractivity contribution in [2.24, 2.45) is 11.8 Å². The first-order valence-electron chi connectivity index (χ1n) is 12.9. The van der Waals surface area contributed by atoms with E-state index in [9.17, 15) is 9.90 Å². The number of hydrogen-bond acceptors (Lipinski definition) is 5. The number of halogens is 2. The fourth-order valence-corrected chi connectivity index (χ4v) is 5.77. The largest absolute Gasteiger partial charge is 0.497 e. The van der Waals surface area contributed by atoms with Crippen molar-refractivity contribution in [1.29, 1.82) is 0 Å². The number of piperidine rings is 2. The number of carbonyl (C=O) groups is 1. The fraction of sp³-hybridized carbons (Fsp3) is 0.483. The highest BCUT2D eigenvalue weighted by Gasteiger charge is 2.29. The smallest absolute Gasteiger partial charge is 0.187 e. The van der Waals surface area contributed by atoms with Gasteiger partial charge in [0.15, 0.2) is 5.78 Å². The molecule has 5 nitrogen and oxygen atoms in total. The number of carbonyl (C=O) groups excluding carboxylic acids is 1. The van der Waals surface area contributed by atoms with Crippen LogP contribution in [0.5, 0.6) is 5.75 Å². The van der Waals surface area contributed by atoms with Gasteiger partial charge in [-0.3, -0.25) is 4.79 Å². The second-order valence-electron chi connectivity index (χ2n) is 9.97. The third-order valence-electron chi connectivity index (χ3n) is 7.78. The number of hydrogen-bond donors (Lipinski definition) is 1. The van der Waals surface area contributed by atoms with Gasteiger partial charge in [-0.25, -0.2) is 0 Å². The van der Waals surface area contributed by atoms with Crippen LogP contribution in [0.15, 0.2) is 54.7 Å². The van der Waals surface area contributed by atoms with Crippen molar-refractivity contribution in [3.8, 4) is 5.75 Å². The normalized spacial score (nSPS) is 19.1. The summed E-state index contributed by atoms with van der Waals surface area (Å²) in [5.74, 6) is 2.22. The molecule has 2 fully saturated rings. The van der Waals surface area contributed by atoms with Crippen molar-refractivity contribution in [2.75, 3.05) is 46.4 Å². The number of nitrogens with zero attached hydrogens (tertiary/aromatic N) is 2. The van der Waals surface area contributed by atoms with Crippen LogP contribution in [0.25, 0.3) is 0 Å². The van der Waals surface area contributed by atoms with E-state index in [1.165, 1.54) is 5.56 Å². The Morgan fingerprint density at radius 1 is 1.03 bits per heavy atom. The van der Waals surface area contributed by atoms with Crippen molar-refractivity contribution in [3.05, 3.63) is 75.9 Å². The molecule has 1 N–H and O–H groups in total. The summed E-state index contributed by atoms with van der Waals surface area (Å²) < 4.78 is 5.28. The van der Waals surface area contributed by atoms with E-state index in [-0.39, 0.29) is 12.4 Å². The highest BCUT2D eigenvalue weighted by molar-refractivity contribution is 6.42. The minimum absolute atomic E-state index is 0.0815. The third-order valence-corrected chi connectivity index (χ3v) is 8.52. The number of methoxy groups -OCH3 is 1. The molecular formula is C29H36Cl2N2O3. The molecule has 194 valence electrons. The van der Waals surface area contributed by atoms with E-state index in [2.05, 4.69) is 21.9 Å². The zero-order valence-electron chi connectivity index (χ0n) is 20.9. The van der Waals surface area contributed by atoms with Gasteiger partial charge in [-0.2, -0.15) is 0 Å². The Kier molecular flexibility index (Phi) is 9.72. The molecule has 2 aliphatic rings. The van der Waals surface area contributed by atoms with Crippen molar-refractivity contribution in [2.45, 2.75) is 31.6 Å². The average Bonchev–Trinajstić information content (AvgIpc) is 2.92. The van der Waals surface area contributed by atoms with Crippen molar-refractivity contribution < 1.29 is 14.6 Å². The number of benzene rings is 2. The lowest BCUT2D eigenvalue weighted by Gasteiger charge is -2.39. The molecule has 1 unspecified atom stereocenters. The quantitative estimate of drug-likeness (QED) is 0.323. The van der Waals surface area contributed by atoms with Crippen LogP contribution in [-0.4, -0.2) is 67.1 Å². The second-order valence-corrected chi connectivity index (χ2v) is 10.8. The van der Waals surface area contributed by atoms with Gasteiger partial charge in [-0.15, -0.1) is 0 Å². The Morgan fingerprint density at radius 2 is 1.72 bits per heavy atom. The van der Waals surface area contributed by atoms with Crippen LogP contribution < -0.4 is 4.74 Å². The number of rotatable bonds is 9. The molecule has 2 aliphatic heterocycles. The molecule has 0 amide bonds. The van der Waals surface area contributed by atoms with Gasteiger partial charge in [0, 0.05) is 44.1 Å². The molecule has 2 saturated heterocycles. The molecule has 0 spiro atoms. The molecule has 0 aromatic heterocycles. The zero-order valence-corrected chi connectivity index (χ0v) is 22.4. The summed E-state index contributed by atoms with van der Waals surface area (Å²) in [5.41, 5.74) is 1.93. The van der Waals surface area contributed by atoms with Gasteiger partial charge in [0.1, 0.15) is 5.75 Å². The fourth-order valence-electron chi connectivity index (χ4n) is 5.47. The van der Waals surface area contributed by atoms with Crippen LogP contribution in [0.3, 0.4) is 0 Å². The van der Waals surface area contributed by atoms with Crippen LogP contribution in [-0.2, 0) is 0 Å². The summed E-state index contributed by atoms with van der Waals surface area (Å²) in [6.07, 6.45) is 7.86. The number of aliphatic hydroxyl groups is 1. The third kappa shape index (κ3) is 7.04. The van der Waals surface area contributed by atoms with E-state index in [1.54, 1.807) is 31.4 Å². The predicted molar refractivity (Wildman–Crippen MR) is 146 cm³/mol. The first kappa shape index (κ1) is 27.0. The van der Waals surface area contributed by atoms with Crippen LogP contribution in [0.2, 0.25) is 10.0 Å². The van der Waals surface area contributed by atoms with Gasteiger partial charge in [0.25, 0.3) is 0 Å². The lowest BCUT2D eigenvalue weighted by atomic mass is 9.83. The summed E-state index contributed by atoms with van der Waals surface area (Å²) in [7, 11) is 1.70. The minimum atomic E-state index is -0.0815. The van der Waals surface area contributed by atoms with Crippen molar-refractivity contribution >= 4 is 29.0 Å². The van der Waals surface area contributed by atoms with Gasteiger partial charge >= 0.3 is 0 Å². The van der Waals surface area contributed by atoms with E-state index < -0.39 is 0 Å². The Morgan fingerprint density at radius 3 is 2.33 bits per heavy atom. The van der Waals surface area contributed by atoms with Gasteiger partial charge in [-0.05, 0) is 92.4 Å². The van der Waals surface area contributed by atoms with E-state index in [4.69, 9.17) is 27.9 Å². The van der Waals surface area contributed by atoms with Crippen LogP contribution in [0.4, 0.5) is 0 Å². The van der Waals surface area contributed by atoms with Crippen LogP contribution >= 0.6 is 23.2 Å². The minimum Gasteiger partial charge on any atom is -0.497 e. The molecule has 4 rings (SSSR count). The van der Waals surface area contributed by atoms with Gasteiger partial charge in [0.05, 0.1) is 17.2 Å². The Labute approximate surface area is 224 Å². The average molecular weight is 532 g/mol. The summed E-state index contributed by atoms with van der Waals surface area (Å²) >= 11 is 12.0. The zero-order chi connectivity index (χ0) is 25.5. The van der Waals surface area contributed by atoms with Crippen LogP contribution in [0, 0.1) is 11.8 Å². The number of allylic oxidation sites excluding steroid dienone is 1. The maximum Gasteiger partial charge on any atom is 0.187 e. The molecule has 0 saturated carbocycles. The van der Waals surface area contributed by atoms with Crippen molar-refractivity contribution in [3.63, 3.8) is 0 Å². The SMILES string of the molecule is COc1ccc(C2CCN(CC(CO)C3CCN(C=CC(=O)c4ccc(Cl)c(Cl)c4)CC3)CC2)cc1. The maximum atomic E-state index is 12.5. The standard InChI is InChI=1S/C29H36Cl2N2O3/c1-36-26-5-2-21(3-6-26)22-10-15-33(16-11-22)19-25(20-34)23-8-13-32(14-9-23)17-12-29(35)24-4-7-27(30)28(31)18-24/h2-7,12,17-18,22-23,25,34H,8-11,13-16,19-20H2,1H3. The number of likely N-dealkylation sites (tertiary alicyclic amines) is 2. The van der Waals surface area contributed by atoms with Crippen LogP contribution in [0.1, 0.15) is 47.5 Å². The number of ketones is 1. The Balaban J connectivity index is 1.22. The summed E-state index contributed by atoms with van der Waals surface area (Å²) in [6, 6.07) is 13.4. The molecular weight excluding hydrogens is 495 g/mol. The number of aliphatic hydroxyl groups excluding tert-OH is 1. The molecule has 36 heavy (non-hydrogen) atoms. The van der Waals surface area contributed by atoms with Gasteiger partial charge in [0.2, 0.25) is 0 Å². The maximum absolute atomic E-state index is 12.5. The highest BCUT2D eigenvalue weighted by atomic mass is 35.5. The monoisotopic (exact) mass is 530 g/mol. The molecule has 0 bridgehead atoms. The molecule has 2 aromatic rings. The van der Waals surface area contributed by atoms with Gasteiger partial charge < -0.3 is 19.6 Å². The Hall–Kier alpha value is -2.05. The summed E-state index contributed by atoms with van der Waals surface area (Å²) in [4.78, 5) is 17.2. The second kappa shape index (κ2) is 13.0. The lowest BCUT2D eigenvalue weighted by molar-refractivity contribution is 0.0796. The number of ether oxygens (including phenoxy) is 1. The molecule has 0 aliphatic carbocycles. The first-order valence-corrected chi connectivity index (χ1v) is 13.6. The van der Waals surface area contributed by atoms with Crippen molar-refractivity contribution in [1.82, 2.24) is 9.80 Å². The predicted octanol–water partition coefficient (Wildman–Crippen LogP) is 5.90. The molecule has 0 radical (unpaired) electrons. The van der Waals surface area contributed by atoms with E-state index in [0.29, 0.717) is 33.4 Å². The van der Waals surface area contributed by atoms with E-state index in [1.807, 2.05) is 18.3 Å². The lowest BCUT2D eigenvalue weighted by Crippen LogP contribution is -2.42. The molecule has 2 heterocycles. The van der Waals surface area contributed by atoms with Gasteiger partial charge in [-0.1, -0.05) is 35.3 Å². The summed E-state index contributed by atoms with van der Waals surface area (Å²) in [6.45, 7) is 5.13. The highest BCUT2D eigenvalue weighted by Crippen LogP contribution is 2.31. The topological polar surface area (TPSA) is 53.0 Å². The Bertz CT molecular complexity index is 1030.